The fourth-order valence-electron chi connectivity index (χ4n) is 1.53. The van der Waals surface area contributed by atoms with Crippen LogP contribution >= 0.6 is 15.9 Å². The Labute approximate surface area is 105 Å². The zero-order valence-electron chi connectivity index (χ0n) is 10.00. The van der Waals surface area contributed by atoms with Gasteiger partial charge >= 0.3 is 0 Å². The topological polar surface area (TPSA) is 45.1 Å². The van der Waals surface area contributed by atoms with E-state index in [1.54, 1.807) is 12.4 Å². The van der Waals surface area contributed by atoms with Crippen LogP contribution in [-0.2, 0) is 0 Å². The molecule has 0 fully saturated rings. The maximum atomic E-state index is 9.84. The predicted octanol–water partition coefficient (Wildman–Crippen LogP) is 3.05. The molecule has 90 valence electrons. The molecule has 0 spiro atoms. The van der Waals surface area contributed by atoms with Crippen molar-refractivity contribution in [3.05, 3.63) is 22.9 Å². The number of halogens is 1. The van der Waals surface area contributed by atoms with Crippen LogP contribution in [0.25, 0.3) is 0 Å². The molecular formula is C12H19BrN2O. The van der Waals surface area contributed by atoms with Crippen molar-refractivity contribution in [2.24, 2.45) is 5.41 Å². The summed E-state index contributed by atoms with van der Waals surface area (Å²) in [6.07, 6.45) is 3.91. The fraction of sp³-hybridized carbons (Fsp3) is 0.583. The summed E-state index contributed by atoms with van der Waals surface area (Å²) in [5.74, 6) is 0. The predicted molar refractivity (Wildman–Crippen MR) is 70.5 cm³/mol. The molecule has 1 aromatic heterocycles. The van der Waals surface area contributed by atoms with Crippen LogP contribution in [-0.4, -0.2) is 22.7 Å². The van der Waals surface area contributed by atoms with Gasteiger partial charge in [-0.15, -0.1) is 0 Å². The second-order valence-electron chi connectivity index (χ2n) is 5.16. The van der Waals surface area contributed by atoms with Crippen molar-refractivity contribution in [2.75, 3.05) is 11.9 Å². The van der Waals surface area contributed by atoms with E-state index >= 15 is 0 Å². The van der Waals surface area contributed by atoms with Crippen LogP contribution in [0.5, 0.6) is 0 Å². The molecule has 0 aliphatic carbocycles. The Balaban J connectivity index is 2.43. The number of nitrogens with zero attached hydrogens (tertiary/aromatic N) is 1. The van der Waals surface area contributed by atoms with Crippen LogP contribution in [0.4, 0.5) is 5.69 Å². The average Bonchev–Trinajstić information content (AvgIpc) is 2.14. The van der Waals surface area contributed by atoms with Gasteiger partial charge < -0.3 is 10.4 Å². The normalized spacial score (nSPS) is 13.6. The lowest BCUT2D eigenvalue weighted by molar-refractivity contribution is 0.132. The van der Waals surface area contributed by atoms with E-state index in [0.29, 0.717) is 6.54 Å². The highest BCUT2D eigenvalue weighted by molar-refractivity contribution is 9.10. The molecule has 1 heterocycles. The van der Waals surface area contributed by atoms with Gasteiger partial charge in [0.15, 0.2) is 0 Å². The number of aromatic nitrogens is 1. The fourth-order valence-corrected chi connectivity index (χ4v) is 1.92. The smallest absolute Gasteiger partial charge is 0.0717 e. The van der Waals surface area contributed by atoms with Crippen LogP contribution in [0.15, 0.2) is 22.9 Å². The zero-order valence-corrected chi connectivity index (χ0v) is 11.6. The third kappa shape index (κ3) is 4.94. The number of aliphatic hydroxyl groups excluding tert-OH is 1. The zero-order chi connectivity index (χ0) is 12.2. The molecule has 0 bridgehead atoms. The summed E-state index contributed by atoms with van der Waals surface area (Å²) in [6, 6.07) is 1.88. The van der Waals surface area contributed by atoms with E-state index in [4.69, 9.17) is 0 Å². The lowest BCUT2D eigenvalue weighted by Gasteiger charge is -2.22. The first-order valence-corrected chi connectivity index (χ1v) is 6.19. The van der Waals surface area contributed by atoms with Gasteiger partial charge in [-0.05, 0) is 33.8 Å². The quantitative estimate of drug-likeness (QED) is 0.894. The van der Waals surface area contributed by atoms with E-state index in [9.17, 15) is 5.11 Å². The molecule has 0 aromatic carbocycles. The first-order chi connectivity index (χ1) is 7.38. The molecule has 16 heavy (non-hydrogen) atoms. The second-order valence-corrected chi connectivity index (χ2v) is 6.01. The Kier molecular flexibility index (Phi) is 4.74. The number of hydrogen-bond donors (Lipinski definition) is 2. The lowest BCUT2D eigenvalue weighted by atomic mass is 9.89. The highest BCUT2D eigenvalue weighted by atomic mass is 79.9. The number of hydrogen-bond acceptors (Lipinski definition) is 3. The van der Waals surface area contributed by atoms with E-state index in [0.717, 1.165) is 16.6 Å². The van der Waals surface area contributed by atoms with Crippen LogP contribution in [0.2, 0.25) is 0 Å². The maximum Gasteiger partial charge on any atom is 0.0717 e. The molecule has 2 N–H and O–H groups in total. The van der Waals surface area contributed by atoms with Gasteiger partial charge in [0.25, 0.3) is 0 Å². The molecule has 1 atom stereocenters. The van der Waals surface area contributed by atoms with Crippen molar-refractivity contribution in [3.8, 4) is 0 Å². The molecule has 4 heteroatoms. The SMILES string of the molecule is CC(C)(C)CC(O)CNc1ccncc1Br. The molecule has 1 aromatic rings. The Morgan fingerprint density at radius 1 is 1.50 bits per heavy atom. The van der Waals surface area contributed by atoms with Crippen LogP contribution < -0.4 is 5.32 Å². The van der Waals surface area contributed by atoms with Crippen molar-refractivity contribution in [3.63, 3.8) is 0 Å². The third-order valence-corrected chi connectivity index (χ3v) is 2.78. The molecule has 0 aliphatic rings. The second kappa shape index (κ2) is 5.64. The standard InChI is InChI=1S/C12H19BrN2O/c1-12(2,3)6-9(16)7-15-11-4-5-14-8-10(11)13/h4-5,8-9,16H,6-7H2,1-3H3,(H,14,15). The highest BCUT2D eigenvalue weighted by Gasteiger charge is 2.16. The van der Waals surface area contributed by atoms with E-state index in [-0.39, 0.29) is 11.5 Å². The largest absolute Gasteiger partial charge is 0.391 e. The van der Waals surface area contributed by atoms with Crippen LogP contribution in [0.1, 0.15) is 27.2 Å². The molecular weight excluding hydrogens is 268 g/mol. The number of rotatable bonds is 4. The number of nitrogens with one attached hydrogen (secondary N) is 1. The summed E-state index contributed by atoms with van der Waals surface area (Å²) in [6.45, 7) is 6.93. The number of pyridine rings is 1. The van der Waals surface area contributed by atoms with Gasteiger partial charge in [-0.3, -0.25) is 4.98 Å². The molecule has 0 saturated heterocycles. The lowest BCUT2D eigenvalue weighted by Crippen LogP contribution is -2.25. The van der Waals surface area contributed by atoms with Gasteiger partial charge in [-0.25, -0.2) is 0 Å². The van der Waals surface area contributed by atoms with E-state index in [1.165, 1.54) is 0 Å². The summed E-state index contributed by atoms with van der Waals surface area (Å²) in [5.41, 5.74) is 1.11. The molecule has 0 saturated carbocycles. The number of anilines is 1. The molecule has 0 amide bonds. The Hall–Kier alpha value is -0.610. The molecule has 0 radical (unpaired) electrons. The number of aliphatic hydroxyl groups is 1. The summed E-state index contributed by atoms with van der Waals surface area (Å²) in [7, 11) is 0. The Morgan fingerprint density at radius 2 is 2.19 bits per heavy atom. The van der Waals surface area contributed by atoms with Gasteiger partial charge in [-0.2, -0.15) is 0 Å². The first-order valence-electron chi connectivity index (χ1n) is 5.40. The van der Waals surface area contributed by atoms with E-state index in [1.807, 2.05) is 6.07 Å². The van der Waals surface area contributed by atoms with E-state index in [2.05, 4.69) is 47.0 Å². The van der Waals surface area contributed by atoms with Crippen molar-refractivity contribution >= 4 is 21.6 Å². The maximum absolute atomic E-state index is 9.84. The van der Waals surface area contributed by atoms with Crippen molar-refractivity contribution in [1.82, 2.24) is 4.98 Å². The molecule has 3 nitrogen and oxygen atoms in total. The average molecular weight is 287 g/mol. The van der Waals surface area contributed by atoms with Gasteiger partial charge in [0, 0.05) is 18.9 Å². The minimum Gasteiger partial charge on any atom is -0.391 e. The van der Waals surface area contributed by atoms with Gasteiger partial charge in [0.2, 0.25) is 0 Å². The minimum atomic E-state index is -0.333. The Bertz CT molecular complexity index is 336. The van der Waals surface area contributed by atoms with Gasteiger partial charge in [0.05, 0.1) is 16.3 Å². The summed E-state index contributed by atoms with van der Waals surface area (Å²) in [5, 5.41) is 13.0. The molecule has 1 rings (SSSR count). The molecule has 1 unspecified atom stereocenters. The summed E-state index contributed by atoms with van der Waals surface area (Å²) < 4.78 is 0.915. The highest BCUT2D eigenvalue weighted by Crippen LogP contribution is 2.23. The summed E-state index contributed by atoms with van der Waals surface area (Å²) >= 11 is 3.40. The van der Waals surface area contributed by atoms with Crippen LogP contribution in [0, 0.1) is 5.41 Å². The summed E-state index contributed by atoms with van der Waals surface area (Å²) in [4.78, 5) is 3.98. The van der Waals surface area contributed by atoms with Gasteiger partial charge in [-0.1, -0.05) is 20.8 Å². The third-order valence-electron chi connectivity index (χ3n) is 2.15. The first kappa shape index (κ1) is 13.5. The molecule has 0 aliphatic heterocycles. The van der Waals surface area contributed by atoms with Crippen molar-refractivity contribution in [1.29, 1.82) is 0 Å². The van der Waals surface area contributed by atoms with Crippen molar-refractivity contribution in [2.45, 2.75) is 33.3 Å². The van der Waals surface area contributed by atoms with Gasteiger partial charge in [0.1, 0.15) is 0 Å². The monoisotopic (exact) mass is 286 g/mol. The van der Waals surface area contributed by atoms with Crippen LogP contribution in [0.3, 0.4) is 0 Å². The van der Waals surface area contributed by atoms with Crippen molar-refractivity contribution < 1.29 is 5.11 Å². The van der Waals surface area contributed by atoms with E-state index < -0.39 is 0 Å². The minimum absolute atomic E-state index is 0.149. The Morgan fingerprint density at radius 3 is 2.75 bits per heavy atom.